The van der Waals surface area contributed by atoms with E-state index in [0.29, 0.717) is 24.4 Å². The Labute approximate surface area is 157 Å². The number of benzene rings is 1. The summed E-state index contributed by atoms with van der Waals surface area (Å²) in [6.07, 6.45) is 1.84. The number of nitrogens with zero attached hydrogens (tertiary/aromatic N) is 1. The van der Waals surface area contributed by atoms with E-state index in [2.05, 4.69) is 20.3 Å². The Morgan fingerprint density at radius 1 is 1.27 bits per heavy atom. The molecule has 0 radical (unpaired) electrons. The van der Waals surface area contributed by atoms with Crippen molar-refractivity contribution in [3.8, 4) is 11.3 Å². The molecule has 0 unspecified atom stereocenters. The highest BCUT2D eigenvalue weighted by Crippen LogP contribution is 2.24. The van der Waals surface area contributed by atoms with Crippen molar-refractivity contribution in [2.45, 2.75) is 25.3 Å². The first-order valence-electron chi connectivity index (χ1n) is 8.15. The Hall–Kier alpha value is -1.85. The number of rotatable bonds is 10. The summed E-state index contributed by atoms with van der Waals surface area (Å²) in [7, 11) is -1.95. The van der Waals surface area contributed by atoms with Gasteiger partial charge in [-0.25, -0.2) is 14.8 Å². The third-order valence-electron chi connectivity index (χ3n) is 3.69. The number of hydrogen-bond acceptors (Lipinski definition) is 6. The minimum atomic E-state index is -3.66. The summed E-state index contributed by atoms with van der Waals surface area (Å²) in [5.74, 6) is -0.166. The molecule has 2 aromatic rings. The van der Waals surface area contributed by atoms with Crippen LogP contribution in [0.1, 0.15) is 19.3 Å². The summed E-state index contributed by atoms with van der Waals surface area (Å²) in [6, 6.07) is 9.37. The van der Waals surface area contributed by atoms with Crippen LogP contribution in [0.15, 0.2) is 35.7 Å². The fourth-order valence-electron chi connectivity index (χ4n) is 2.36. The number of carbonyl (C=O) groups is 1. The van der Waals surface area contributed by atoms with Gasteiger partial charge in [0.2, 0.25) is 5.91 Å². The largest absolute Gasteiger partial charge is 0.309 e. The van der Waals surface area contributed by atoms with E-state index in [4.69, 9.17) is 5.14 Å². The number of hydrogen-bond donors (Lipinski definition) is 4. The molecule has 0 fully saturated rings. The standard InChI is InChI=1S/C16H23N5O3S2/c1-18-13(9-5-6-10-19-26(17,23)24)15(22)21-16-20-14(11-25-16)12-7-3-2-4-8-12/h2-4,7-8,11,13,18-19H,5-6,9-10H2,1H3,(H2,17,23,24)(H,20,21,22)/t13-/m0/s1. The number of anilines is 1. The Morgan fingerprint density at radius 2 is 2.00 bits per heavy atom. The summed E-state index contributed by atoms with van der Waals surface area (Å²) in [5.41, 5.74) is 1.82. The molecule has 26 heavy (non-hydrogen) atoms. The lowest BCUT2D eigenvalue weighted by Gasteiger charge is -2.14. The van der Waals surface area contributed by atoms with E-state index in [1.54, 1.807) is 7.05 Å². The topological polar surface area (TPSA) is 126 Å². The fourth-order valence-corrected chi connectivity index (χ4v) is 3.51. The van der Waals surface area contributed by atoms with Gasteiger partial charge in [0.1, 0.15) is 0 Å². The molecule has 1 aromatic heterocycles. The van der Waals surface area contributed by atoms with Gasteiger partial charge in [0.05, 0.1) is 11.7 Å². The van der Waals surface area contributed by atoms with E-state index in [0.717, 1.165) is 11.3 Å². The maximum atomic E-state index is 12.4. The molecular weight excluding hydrogens is 374 g/mol. The molecule has 0 saturated heterocycles. The molecule has 142 valence electrons. The summed E-state index contributed by atoms with van der Waals surface area (Å²) < 4.78 is 23.8. The lowest BCUT2D eigenvalue weighted by atomic mass is 10.1. The van der Waals surface area contributed by atoms with Crippen LogP contribution in [-0.2, 0) is 15.0 Å². The van der Waals surface area contributed by atoms with Crippen LogP contribution < -0.4 is 20.5 Å². The predicted molar refractivity (Wildman–Crippen MR) is 104 cm³/mol. The van der Waals surface area contributed by atoms with Crippen molar-refractivity contribution in [2.24, 2.45) is 5.14 Å². The molecule has 0 aliphatic carbocycles. The number of nitrogens with one attached hydrogen (secondary N) is 3. The maximum Gasteiger partial charge on any atom is 0.274 e. The van der Waals surface area contributed by atoms with Crippen LogP contribution in [0.25, 0.3) is 11.3 Å². The van der Waals surface area contributed by atoms with Gasteiger partial charge in [0.25, 0.3) is 10.2 Å². The van der Waals surface area contributed by atoms with E-state index in [1.165, 1.54) is 11.3 Å². The van der Waals surface area contributed by atoms with Crippen molar-refractivity contribution in [2.75, 3.05) is 18.9 Å². The molecule has 0 aliphatic rings. The quantitative estimate of drug-likeness (QED) is 0.450. The summed E-state index contributed by atoms with van der Waals surface area (Å²) >= 11 is 1.37. The van der Waals surface area contributed by atoms with E-state index in [9.17, 15) is 13.2 Å². The van der Waals surface area contributed by atoms with E-state index < -0.39 is 10.2 Å². The molecule has 5 N–H and O–H groups in total. The predicted octanol–water partition coefficient (Wildman–Crippen LogP) is 1.30. The normalized spacial score (nSPS) is 12.7. The third-order valence-corrected chi connectivity index (χ3v) is 5.06. The maximum absolute atomic E-state index is 12.4. The van der Waals surface area contributed by atoms with Gasteiger partial charge < -0.3 is 10.6 Å². The number of carbonyl (C=O) groups excluding carboxylic acids is 1. The zero-order valence-electron chi connectivity index (χ0n) is 14.4. The second-order valence-electron chi connectivity index (χ2n) is 5.67. The first-order valence-corrected chi connectivity index (χ1v) is 10.6. The molecule has 0 bridgehead atoms. The molecular formula is C16H23N5O3S2. The lowest BCUT2D eigenvalue weighted by molar-refractivity contribution is -0.118. The first-order chi connectivity index (χ1) is 12.4. The zero-order chi connectivity index (χ0) is 19.0. The Kier molecular flexibility index (Phi) is 7.66. The zero-order valence-corrected chi connectivity index (χ0v) is 16.1. The average molecular weight is 398 g/mol. The van der Waals surface area contributed by atoms with Crippen molar-refractivity contribution < 1.29 is 13.2 Å². The van der Waals surface area contributed by atoms with Gasteiger partial charge in [-0.05, 0) is 19.9 Å². The van der Waals surface area contributed by atoms with E-state index >= 15 is 0 Å². The number of thiazole rings is 1. The van der Waals surface area contributed by atoms with Gasteiger partial charge in [-0.3, -0.25) is 4.79 Å². The Balaban J connectivity index is 1.82. The highest BCUT2D eigenvalue weighted by molar-refractivity contribution is 7.87. The van der Waals surface area contributed by atoms with Crippen molar-refractivity contribution in [1.82, 2.24) is 15.0 Å². The molecule has 2 rings (SSSR count). The van der Waals surface area contributed by atoms with Gasteiger partial charge in [-0.1, -0.05) is 36.8 Å². The van der Waals surface area contributed by atoms with Crippen molar-refractivity contribution in [1.29, 1.82) is 0 Å². The van der Waals surface area contributed by atoms with E-state index in [-0.39, 0.29) is 18.5 Å². The van der Waals surface area contributed by atoms with Crippen molar-refractivity contribution in [3.05, 3.63) is 35.7 Å². The molecule has 1 amide bonds. The minimum Gasteiger partial charge on any atom is -0.309 e. The second kappa shape index (κ2) is 9.74. The molecule has 1 atom stereocenters. The summed E-state index contributed by atoms with van der Waals surface area (Å²) in [5, 5.41) is 13.1. The Bertz CT molecular complexity index is 808. The molecule has 0 spiro atoms. The molecule has 1 aromatic carbocycles. The van der Waals surface area contributed by atoms with Gasteiger partial charge in [0.15, 0.2) is 5.13 Å². The van der Waals surface area contributed by atoms with Crippen molar-refractivity contribution >= 4 is 32.6 Å². The fraction of sp³-hybridized carbons (Fsp3) is 0.375. The first kappa shape index (κ1) is 20.5. The minimum absolute atomic E-state index is 0.166. The second-order valence-corrected chi connectivity index (χ2v) is 7.91. The summed E-state index contributed by atoms with van der Waals surface area (Å²) in [6.45, 7) is 0.254. The highest BCUT2D eigenvalue weighted by Gasteiger charge is 2.17. The van der Waals surface area contributed by atoms with Gasteiger partial charge >= 0.3 is 0 Å². The molecule has 8 nitrogen and oxygen atoms in total. The van der Waals surface area contributed by atoms with Crippen molar-refractivity contribution in [3.63, 3.8) is 0 Å². The van der Waals surface area contributed by atoms with Crippen LogP contribution in [0, 0.1) is 0 Å². The van der Waals surface area contributed by atoms with Crippen LogP contribution in [-0.4, -0.2) is 38.9 Å². The molecule has 1 heterocycles. The van der Waals surface area contributed by atoms with E-state index in [1.807, 2.05) is 35.7 Å². The molecule has 0 saturated carbocycles. The average Bonchev–Trinajstić information content (AvgIpc) is 3.06. The number of amides is 1. The smallest absolute Gasteiger partial charge is 0.274 e. The molecule has 0 aliphatic heterocycles. The molecule has 10 heteroatoms. The number of likely N-dealkylation sites (N-methyl/N-ethyl adjacent to an activating group) is 1. The monoisotopic (exact) mass is 397 g/mol. The summed E-state index contributed by atoms with van der Waals surface area (Å²) in [4.78, 5) is 16.8. The highest BCUT2D eigenvalue weighted by atomic mass is 32.2. The number of aromatic nitrogens is 1. The van der Waals surface area contributed by atoms with Gasteiger partial charge in [0, 0.05) is 17.5 Å². The van der Waals surface area contributed by atoms with Gasteiger partial charge in [-0.2, -0.15) is 8.42 Å². The van der Waals surface area contributed by atoms with Crippen LogP contribution in [0.3, 0.4) is 0 Å². The van der Waals surface area contributed by atoms with Gasteiger partial charge in [-0.15, -0.1) is 11.3 Å². The third kappa shape index (κ3) is 6.81. The number of nitrogens with two attached hydrogens (primary N) is 1. The van der Waals surface area contributed by atoms with Crippen LogP contribution in [0.2, 0.25) is 0 Å². The number of unbranched alkanes of at least 4 members (excludes halogenated alkanes) is 1. The van der Waals surface area contributed by atoms with Crippen LogP contribution >= 0.6 is 11.3 Å². The van der Waals surface area contributed by atoms with Crippen LogP contribution in [0.4, 0.5) is 5.13 Å². The lowest BCUT2D eigenvalue weighted by Crippen LogP contribution is -2.38. The van der Waals surface area contributed by atoms with Crippen LogP contribution in [0.5, 0.6) is 0 Å². The Morgan fingerprint density at radius 3 is 2.65 bits per heavy atom. The SMILES string of the molecule is CN[C@@H](CCCCNS(N)(=O)=O)C(=O)Nc1nc(-c2ccccc2)cs1.